The Labute approximate surface area is 137 Å². The van der Waals surface area contributed by atoms with E-state index in [0.29, 0.717) is 39.5 Å². The number of phenolic OH excluding ortho intramolecular Hbond substituents is 1. The molecule has 6 heteroatoms. The second-order valence-corrected chi connectivity index (χ2v) is 5.07. The van der Waals surface area contributed by atoms with Crippen LogP contribution in [0, 0.1) is 0 Å². The van der Waals surface area contributed by atoms with Gasteiger partial charge in [-0.05, 0) is 24.3 Å². The molecule has 0 unspecified atom stereocenters. The Morgan fingerprint density at radius 1 is 0.917 bits per heavy atom. The number of hydrogen-bond acceptors (Lipinski definition) is 6. The van der Waals surface area contributed by atoms with Crippen molar-refractivity contribution in [1.82, 2.24) is 0 Å². The molecule has 1 aromatic heterocycles. The van der Waals surface area contributed by atoms with Gasteiger partial charge < -0.3 is 23.7 Å². The van der Waals surface area contributed by atoms with Gasteiger partial charge in [-0.1, -0.05) is 0 Å². The van der Waals surface area contributed by atoms with Gasteiger partial charge in [-0.15, -0.1) is 0 Å². The lowest BCUT2D eigenvalue weighted by Crippen LogP contribution is -2.01. The first-order valence-corrected chi connectivity index (χ1v) is 7.14. The van der Waals surface area contributed by atoms with E-state index in [1.807, 2.05) is 0 Å². The summed E-state index contributed by atoms with van der Waals surface area (Å²) in [7, 11) is 4.53. The Hall–Kier alpha value is -3.15. The summed E-state index contributed by atoms with van der Waals surface area (Å²) in [6.45, 7) is 0. The fourth-order valence-electron chi connectivity index (χ4n) is 2.51. The first-order chi connectivity index (χ1) is 11.6. The number of aromatic hydroxyl groups is 1. The van der Waals surface area contributed by atoms with Gasteiger partial charge >= 0.3 is 0 Å². The molecule has 124 valence electrons. The molecule has 2 aromatic carbocycles. The van der Waals surface area contributed by atoms with Crippen molar-refractivity contribution in [3.05, 3.63) is 46.6 Å². The zero-order valence-corrected chi connectivity index (χ0v) is 13.5. The molecule has 1 N–H and O–H groups in total. The van der Waals surface area contributed by atoms with E-state index in [2.05, 4.69) is 0 Å². The number of fused-ring (bicyclic) bond motifs is 1. The zero-order valence-electron chi connectivity index (χ0n) is 13.5. The SMILES string of the molecule is COc1cc(-c2cc(=O)c3ccc(O)cc3o2)cc(OC)c1OC. The monoisotopic (exact) mass is 328 g/mol. The number of benzene rings is 2. The van der Waals surface area contributed by atoms with Gasteiger partial charge in [0, 0.05) is 17.7 Å². The third-order valence-electron chi connectivity index (χ3n) is 3.66. The van der Waals surface area contributed by atoms with E-state index >= 15 is 0 Å². The maximum absolute atomic E-state index is 12.3. The fraction of sp³-hybridized carbons (Fsp3) is 0.167. The van der Waals surface area contributed by atoms with Crippen LogP contribution in [0.3, 0.4) is 0 Å². The van der Waals surface area contributed by atoms with Crippen LogP contribution < -0.4 is 19.6 Å². The maximum Gasteiger partial charge on any atom is 0.203 e. The van der Waals surface area contributed by atoms with Crippen molar-refractivity contribution in [2.24, 2.45) is 0 Å². The summed E-state index contributed by atoms with van der Waals surface area (Å²) in [5.41, 5.74) is 0.679. The standard InChI is InChI=1S/C18H16O6/c1-21-16-6-10(7-17(22-2)18(16)23-3)14-9-13(20)12-5-4-11(19)8-15(12)24-14/h4-9,19H,1-3H3. The van der Waals surface area contributed by atoms with Gasteiger partial charge in [0.2, 0.25) is 5.75 Å². The molecule has 0 aliphatic heterocycles. The molecule has 0 amide bonds. The van der Waals surface area contributed by atoms with Gasteiger partial charge in [0.15, 0.2) is 16.9 Å². The summed E-state index contributed by atoms with van der Waals surface area (Å²) in [6, 6.07) is 9.13. The lowest BCUT2D eigenvalue weighted by molar-refractivity contribution is 0.324. The third-order valence-corrected chi connectivity index (χ3v) is 3.66. The highest BCUT2D eigenvalue weighted by atomic mass is 16.5. The van der Waals surface area contributed by atoms with Crippen LogP contribution in [0.5, 0.6) is 23.0 Å². The lowest BCUT2D eigenvalue weighted by Gasteiger charge is -2.14. The second-order valence-electron chi connectivity index (χ2n) is 5.07. The molecule has 0 saturated carbocycles. The first-order valence-electron chi connectivity index (χ1n) is 7.14. The van der Waals surface area contributed by atoms with Crippen molar-refractivity contribution in [3.63, 3.8) is 0 Å². The van der Waals surface area contributed by atoms with Crippen molar-refractivity contribution in [3.8, 4) is 34.3 Å². The Balaban J connectivity index is 2.25. The molecule has 0 aliphatic rings. The van der Waals surface area contributed by atoms with Crippen LogP contribution in [0.1, 0.15) is 0 Å². The van der Waals surface area contributed by atoms with Gasteiger partial charge in [-0.2, -0.15) is 0 Å². The summed E-state index contributed by atoms with van der Waals surface area (Å²) < 4.78 is 21.7. The third kappa shape index (κ3) is 2.62. The van der Waals surface area contributed by atoms with Crippen LogP contribution >= 0.6 is 0 Å². The number of ether oxygens (including phenoxy) is 3. The smallest absolute Gasteiger partial charge is 0.203 e. The summed E-state index contributed by atoms with van der Waals surface area (Å²) in [5, 5.41) is 9.99. The molecule has 0 aliphatic carbocycles. The molecule has 0 bridgehead atoms. The van der Waals surface area contributed by atoms with E-state index in [1.165, 1.54) is 45.6 Å². The Morgan fingerprint density at radius 3 is 2.17 bits per heavy atom. The van der Waals surface area contributed by atoms with Crippen LogP contribution in [0.2, 0.25) is 0 Å². The fourth-order valence-corrected chi connectivity index (χ4v) is 2.51. The number of rotatable bonds is 4. The van der Waals surface area contributed by atoms with Gasteiger partial charge in [-0.25, -0.2) is 0 Å². The first kappa shape index (κ1) is 15.7. The maximum atomic E-state index is 12.3. The topological polar surface area (TPSA) is 78.1 Å². The van der Waals surface area contributed by atoms with Crippen LogP contribution in [0.25, 0.3) is 22.3 Å². The molecular formula is C18H16O6. The lowest BCUT2D eigenvalue weighted by atomic mass is 10.1. The summed E-state index contributed by atoms with van der Waals surface area (Å²) in [6.07, 6.45) is 0. The van der Waals surface area contributed by atoms with E-state index in [9.17, 15) is 9.90 Å². The van der Waals surface area contributed by atoms with E-state index in [0.717, 1.165) is 0 Å². The van der Waals surface area contributed by atoms with Crippen LogP contribution in [0.15, 0.2) is 45.6 Å². The molecular weight excluding hydrogens is 312 g/mol. The van der Waals surface area contributed by atoms with E-state index in [4.69, 9.17) is 18.6 Å². The van der Waals surface area contributed by atoms with Crippen LogP contribution in [-0.4, -0.2) is 26.4 Å². The summed E-state index contributed by atoms with van der Waals surface area (Å²) in [4.78, 5) is 12.3. The molecule has 0 saturated heterocycles. The summed E-state index contributed by atoms with van der Waals surface area (Å²) >= 11 is 0. The molecule has 24 heavy (non-hydrogen) atoms. The molecule has 3 rings (SSSR count). The van der Waals surface area contributed by atoms with Crippen molar-refractivity contribution in [2.75, 3.05) is 21.3 Å². The number of methoxy groups -OCH3 is 3. The Bertz CT molecular complexity index is 932. The number of hydrogen-bond donors (Lipinski definition) is 1. The zero-order chi connectivity index (χ0) is 17.3. The molecule has 3 aromatic rings. The average molecular weight is 328 g/mol. The highest BCUT2D eigenvalue weighted by Gasteiger charge is 2.16. The second kappa shape index (κ2) is 6.16. The summed E-state index contributed by atoms with van der Waals surface area (Å²) in [5.74, 6) is 1.70. The molecule has 0 atom stereocenters. The van der Waals surface area contributed by atoms with Crippen molar-refractivity contribution < 1.29 is 23.7 Å². The van der Waals surface area contributed by atoms with E-state index < -0.39 is 0 Å². The largest absolute Gasteiger partial charge is 0.508 e. The molecule has 0 fully saturated rings. The van der Waals surface area contributed by atoms with Crippen molar-refractivity contribution >= 4 is 11.0 Å². The van der Waals surface area contributed by atoms with E-state index in [-0.39, 0.29) is 11.2 Å². The van der Waals surface area contributed by atoms with Gasteiger partial charge in [0.05, 0.1) is 26.7 Å². The highest BCUT2D eigenvalue weighted by Crippen LogP contribution is 2.41. The Morgan fingerprint density at radius 2 is 1.58 bits per heavy atom. The van der Waals surface area contributed by atoms with Crippen molar-refractivity contribution in [2.45, 2.75) is 0 Å². The normalized spacial score (nSPS) is 10.6. The molecule has 6 nitrogen and oxygen atoms in total. The quantitative estimate of drug-likeness (QED) is 0.792. The van der Waals surface area contributed by atoms with Gasteiger partial charge in [-0.3, -0.25) is 4.79 Å². The molecule has 0 radical (unpaired) electrons. The van der Waals surface area contributed by atoms with E-state index in [1.54, 1.807) is 12.1 Å². The minimum Gasteiger partial charge on any atom is -0.508 e. The Kier molecular flexibility index (Phi) is 4.04. The van der Waals surface area contributed by atoms with Gasteiger partial charge in [0.25, 0.3) is 0 Å². The minimum absolute atomic E-state index is 0.0210. The highest BCUT2D eigenvalue weighted by molar-refractivity contribution is 5.80. The average Bonchev–Trinajstić information content (AvgIpc) is 2.59. The van der Waals surface area contributed by atoms with Crippen LogP contribution in [-0.2, 0) is 0 Å². The van der Waals surface area contributed by atoms with Crippen molar-refractivity contribution in [1.29, 1.82) is 0 Å². The predicted octanol–water partition coefficient (Wildman–Crippen LogP) is 3.19. The van der Waals surface area contributed by atoms with Gasteiger partial charge in [0.1, 0.15) is 17.1 Å². The number of phenols is 1. The predicted molar refractivity (Wildman–Crippen MR) is 89.2 cm³/mol. The minimum atomic E-state index is -0.208. The molecule has 1 heterocycles. The molecule has 0 spiro atoms. The van der Waals surface area contributed by atoms with Crippen LogP contribution in [0.4, 0.5) is 0 Å².